The molecule has 0 atom stereocenters. The highest BCUT2D eigenvalue weighted by Gasteiger charge is 2.28. The van der Waals surface area contributed by atoms with Gasteiger partial charge in [-0.15, -0.1) is 10.2 Å². The van der Waals surface area contributed by atoms with Crippen molar-refractivity contribution in [3.8, 4) is 0 Å². The van der Waals surface area contributed by atoms with E-state index in [1.54, 1.807) is 0 Å². The van der Waals surface area contributed by atoms with E-state index < -0.39 is 18.7 Å². The molecule has 2 rings (SSSR count). The quantitative estimate of drug-likeness (QED) is 0.818. The Balaban J connectivity index is 1.66. The predicted octanol–water partition coefficient (Wildman–Crippen LogP) is 2.32. The van der Waals surface area contributed by atoms with Crippen LogP contribution in [0.4, 0.5) is 18.3 Å². The highest BCUT2D eigenvalue weighted by Crippen LogP contribution is 2.41. The molecule has 9 heteroatoms. The lowest BCUT2D eigenvalue weighted by Crippen LogP contribution is -2.20. The van der Waals surface area contributed by atoms with Crippen molar-refractivity contribution in [2.75, 3.05) is 18.5 Å². The van der Waals surface area contributed by atoms with Crippen molar-refractivity contribution in [3.63, 3.8) is 0 Å². The first-order valence-corrected chi connectivity index (χ1v) is 6.53. The number of nitrogens with one attached hydrogen (secondary N) is 1. The third-order valence-corrected chi connectivity index (χ3v) is 3.35. The van der Waals surface area contributed by atoms with Crippen molar-refractivity contribution >= 4 is 22.4 Å². The molecule has 1 N–H and O–H groups in total. The highest BCUT2D eigenvalue weighted by atomic mass is 32.1. The van der Waals surface area contributed by atoms with E-state index in [0.29, 0.717) is 11.0 Å². The molecule has 0 bridgehead atoms. The second kappa shape index (κ2) is 5.83. The lowest BCUT2D eigenvalue weighted by Gasteiger charge is -2.06. The molecule has 1 aromatic heterocycles. The summed E-state index contributed by atoms with van der Waals surface area (Å²) in [5, 5.41) is 11.5. The summed E-state index contributed by atoms with van der Waals surface area (Å²) in [6.45, 7) is -1.62. The summed E-state index contributed by atoms with van der Waals surface area (Å²) in [4.78, 5) is 11.4. The molecule has 1 heterocycles. The van der Waals surface area contributed by atoms with Crippen LogP contribution in [0.2, 0.25) is 0 Å². The van der Waals surface area contributed by atoms with Gasteiger partial charge in [0.2, 0.25) is 11.0 Å². The van der Waals surface area contributed by atoms with Crippen molar-refractivity contribution in [3.05, 3.63) is 5.01 Å². The number of anilines is 1. The van der Waals surface area contributed by atoms with Crippen LogP contribution in [-0.2, 0) is 9.53 Å². The van der Waals surface area contributed by atoms with Crippen LogP contribution in [0.25, 0.3) is 0 Å². The number of carbonyl (C=O) groups excluding carboxylic acids is 1. The van der Waals surface area contributed by atoms with Crippen molar-refractivity contribution in [1.29, 1.82) is 0 Å². The van der Waals surface area contributed by atoms with Gasteiger partial charge in [0.05, 0.1) is 13.0 Å². The topological polar surface area (TPSA) is 64.1 Å². The molecule has 19 heavy (non-hydrogen) atoms. The van der Waals surface area contributed by atoms with Gasteiger partial charge < -0.3 is 10.1 Å². The van der Waals surface area contributed by atoms with E-state index >= 15 is 0 Å². The number of nitrogens with zero attached hydrogens (tertiary/aromatic N) is 2. The monoisotopic (exact) mass is 295 g/mol. The van der Waals surface area contributed by atoms with Gasteiger partial charge in [0.15, 0.2) is 0 Å². The van der Waals surface area contributed by atoms with Crippen molar-refractivity contribution in [2.45, 2.75) is 31.4 Å². The summed E-state index contributed by atoms with van der Waals surface area (Å²) in [7, 11) is 0. The smallest absolute Gasteiger partial charge is 0.372 e. The lowest BCUT2D eigenvalue weighted by molar-refractivity contribution is -0.174. The van der Waals surface area contributed by atoms with Crippen LogP contribution >= 0.6 is 11.3 Å². The lowest BCUT2D eigenvalue weighted by atomic mass is 10.4. The van der Waals surface area contributed by atoms with E-state index in [0.717, 1.165) is 17.8 Å². The maximum absolute atomic E-state index is 11.8. The Bertz CT molecular complexity index is 445. The number of carbonyl (C=O) groups is 1. The first kappa shape index (κ1) is 14.2. The first-order valence-electron chi connectivity index (χ1n) is 5.72. The molecule has 1 aliphatic carbocycles. The number of ether oxygens (including phenoxy) is 1. The second-order valence-electron chi connectivity index (χ2n) is 4.19. The number of halogens is 3. The molecule has 1 saturated carbocycles. The molecule has 1 amide bonds. The van der Waals surface area contributed by atoms with Gasteiger partial charge in [0.1, 0.15) is 11.6 Å². The molecular weight excluding hydrogens is 283 g/mol. The third-order valence-electron chi connectivity index (χ3n) is 2.35. The van der Waals surface area contributed by atoms with Crippen molar-refractivity contribution < 1.29 is 22.7 Å². The van der Waals surface area contributed by atoms with E-state index in [9.17, 15) is 18.0 Å². The van der Waals surface area contributed by atoms with Gasteiger partial charge in [-0.3, -0.25) is 4.79 Å². The summed E-state index contributed by atoms with van der Waals surface area (Å²) < 4.78 is 39.6. The molecule has 0 radical (unpaired) electrons. The Hall–Kier alpha value is -1.22. The fraction of sp³-hybridized carbons (Fsp3) is 0.700. The zero-order valence-electron chi connectivity index (χ0n) is 9.87. The zero-order chi connectivity index (χ0) is 13.9. The van der Waals surface area contributed by atoms with Crippen LogP contribution in [0.3, 0.4) is 0 Å². The first-order chi connectivity index (χ1) is 8.94. The SMILES string of the molecule is O=C(CCOCC(F)(F)F)Nc1nnc(C2CC2)s1. The van der Waals surface area contributed by atoms with Gasteiger partial charge in [-0.25, -0.2) is 0 Å². The van der Waals surface area contributed by atoms with Crippen LogP contribution in [-0.4, -0.2) is 35.5 Å². The molecule has 1 fully saturated rings. The fourth-order valence-corrected chi connectivity index (χ4v) is 2.24. The number of aromatic nitrogens is 2. The molecule has 1 aromatic rings. The molecule has 0 aliphatic heterocycles. The van der Waals surface area contributed by atoms with E-state index in [2.05, 4.69) is 20.3 Å². The number of hydrogen-bond acceptors (Lipinski definition) is 5. The fourth-order valence-electron chi connectivity index (χ4n) is 1.31. The van der Waals surface area contributed by atoms with Gasteiger partial charge >= 0.3 is 6.18 Å². The van der Waals surface area contributed by atoms with Crippen LogP contribution in [0.15, 0.2) is 0 Å². The van der Waals surface area contributed by atoms with Crippen LogP contribution in [0.1, 0.15) is 30.2 Å². The summed E-state index contributed by atoms with van der Waals surface area (Å²) in [6, 6.07) is 0. The normalized spacial score (nSPS) is 15.5. The predicted molar refractivity (Wildman–Crippen MR) is 62.0 cm³/mol. The maximum Gasteiger partial charge on any atom is 0.411 e. The maximum atomic E-state index is 11.8. The summed E-state index contributed by atoms with van der Waals surface area (Å²) in [6.07, 6.45) is -2.33. The average Bonchev–Trinajstić information content (AvgIpc) is 3.05. The minimum atomic E-state index is -4.37. The Morgan fingerprint density at radius 1 is 1.42 bits per heavy atom. The van der Waals surface area contributed by atoms with Gasteiger partial charge in [-0.1, -0.05) is 11.3 Å². The van der Waals surface area contributed by atoms with E-state index in [1.165, 1.54) is 11.3 Å². The van der Waals surface area contributed by atoms with E-state index in [1.807, 2.05) is 0 Å². The van der Waals surface area contributed by atoms with Gasteiger partial charge in [0, 0.05) is 5.92 Å². The Labute approximate surface area is 111 Å². The molecule has 0 aromatic carbocycles. The molecular formula is C10H12F3N3O2S. The van der Waals surface area contributed by atoms with Crippen molar-refractivity contribution in [1.82, 2.24) is 10.2 Å². The van der Waals surface area contributed by atoms with Crippen LogP contribution in [0, 0.1) is 0 Å². The minimum Gasteiger partial charge on any atom is -0.372 e. The number of amides is 1. The van der Waals surface area contributed by atoms with Gasteiger partial charge in [-0.05, 0) is 12.8 Å². The van der Waals surface area contributed by atoms with Gasteiger partial charge in [0.25, 0.3) is 0 Å². The standard InChI is InChI=1S/C10H12F3N3O2S/c11-10(12,13)5-18-4-3-7(17)14-9-16-15-8(19-9)6-1-2-6/h6H,1-5H2,(H,14,16,17). The Morgan fingerprint density at radius 3 is 2.79 bits per heavy atom. The number of rotatable bonds is 6. The van der Waals surface area contributed by atoms with E-state index in [4.69, 9.17) is 0 Å². The molecule has 0 unspecified atom stereocenters. The third kappa shape index (κ3) is 5.11. The second-order valence-corrected chi connectivity index (χ2v) is 5.19. The van der Waals surface area contributed by atoms with Crippen LogP contribution < -0.4 is 5.32 Å². The zero-order valence-corrected chi connectivity index (χ0v) is 10.7. The van der Waals surface area contributed by atoms with Crippen LogP contribution in [0.5, 0.6) is 0 Å². The molecule has 106 valence electrons. The van der Waals surface area contributed by atoms with Crippen molar-refractivity contribution in [2.24, 2.45) is 0 Å². The highest BCUT2D eigenvalue weighted by molar-refractivity contribution is 7.15. The Kier molecular flexibility index (Phi) is 4.35. The molecule has 1 aliphatic rings. The van der Waals surface area contributed by atoms with E-state index in [-0.39, 0.29) is 13.0 Å². The minimum absolute atomic E-state index is 0.144. The average molecular weight is 295 g/mol. The molecule has 5 nitrogen and oxygen atoms in total. The molecule has 0 spiro atoms. The number of hydrogen-bond donors (Lipinski definition) is 1. The largest absolute Gasteiger partial charge is 0.411 e. The Morgan fingerprint density at radius 2 is 2.16 bits per heavy atom. The summed E-state index contributed by atoms with van der Waals surface area (Å²) >= 11 is 1.30. The molecule has 0 saturated heterocycles. The summed E-state index contributed by atoms with van der Waals surface area (Å²) in [5.41, 5.74) is 0. The number of alkyl halides is 3. The summed E-state index contributed by atoms with van der Waals surface area (Å²) in [5.74, 6) is 0.0268. The van der Waals surface area contributed by atoms with Gasteiger partial charge in [-0.2, -0.15) is 13.2 Å².